The van der Waals surface area contributed by atoms with E-state index < -0.39 is 0 Å². The van der Waals surface area contributed by atoms with Crippen molar-refractivity contribution in [3.63, 3.8) is 0 Å². The van der Waals surface area contributed by atoms with Crippen molar-refractivity contribution < 1.29 is 0 Å². The molecular formula is C14H16BrN3. The van der Waals surface area contributed by atoms with Crippen molar-refractivity contribution in [2.45, 2.75) is 25.8 Å². The van der Waals surface area contributed by atoms with Gasteiger partial charge in [-0.15, -0.1) is 0 Å². The van der Waals surface area contributed by atoms with Crippen LogP contribution in [0.2, 0.25) is 0 Å². The molecule has 0 saturated carbocycles. The smallest absolute Gasteiger partial charge is 0.159 e. The third-order valence-electron chi connectivity index (χ3n) is 2.79. The Balaban J connectivity index is 2.27. The molecule has 1 unspecified atom stereocenters. The van der Waals surface area contributed by atoms with Gasteiger partial charge in [0.1, 0.15) is 0 Å². The van der Waals surface area contributed by atoms with E-state index in [4.69, 9.17) is 5.73 Å². The summed E-state index contributed by atoms with van der Waals surface area (Å²) in [5.74, 6) is 0.747. The Labute approximate surface area is 116 Å². The highest BCUT2D eigenvalue weighted by Gasteiger charge is 2.06. The zero-order valence-corrected chi connectivity index (χ0v) is 11.9. The maximum Gasteiger partial charge on any atom is 0.159 e. The van der Waals surface area contributed by atoms with E-state index in [9.17, 15) is 0 Å². The molecule has 0 saturated heterocycles. The van der Waals surface area contributed by atoms with Gasteiger partial charge in [-0.3, -0.25) is 0 Å². The van der Waals surface area contributed by atoms with Crippen LogP contribution in [-0.2, 0) is 6.42 Å². The Kier molecular flexibility index (Phi) is 4.44. The highest BCUT2D eigenvalue weighted by molar-refractivity contribution is 9.10. The molecule has 0 aliphatic carbocycles. The van der Waals surface area contributed by atoms with Gasteiger partial charge < -0.3 is 5.73 Å². The molecule has 2 aromatic rings. The monoisotopic (exact) mass is 305 g/mol. The molecule has 94 valence electrons. The van der Waals surface area contributed by atoms with Gasteiger partial charge >= 0.3 is 0 Å². The van der Waals surface area contributed by atoms with Crippen LogP contribution in [-0.4, -0.2) is 16.0 Å². The lowest BCUT2D eigenvalue weighted by Gasteiger charge is -2.08. The van der Waals surface area contributed by atoms with Crippen LogP contribution in [0.4, 0.5) is 0 Å². The van der Waals surface area contributed by atoms with Crippen molar-refractivity contribution in [2.75, 3.05) is 0 Å². The summed E-state index contributed by atoms with van der Waals surface area (Å²) in [6.07, 6.45) is 3.54. The molecule has 1 aromatic heterocycles. The van der Waals surface area contributed by atoms with Crippen molar-refractivity contribution in [3.05, 3.63) is 46.7 Å². The third kappa shape index (κ3) is 3.37. The largest absolute Gasteiger partial charge is 0.327 e. The molecule has 1 atom stereocenters. The summed E-state index contributed by atoms with van der Waals surface area (Å²) in [6, 6.07) is 10.1. The van der Waals surface area contributed by atoms with Crippen molar-refractivity contribution >= 4 is 15.9 Å². The van der Waals surface area contributed by atoms with Gasteiger partial charge in [0, 0.05) is 34.4 Å². The highest BCUT2D eigenvalue weighted by atomic mass is 79.9. The summed E-state index contributed by atoms with van der Waals surface area (Å²) < 4.78 is 1.03. The normalized spacial score (nSPS) is 12.4. The Morgan fingerprint density at radius 2 is 2.17 bits per heavy atom. The molecule has 2 rings (SSSR count). The Morgan fingerprint density at radius 1 is 1.33 bits per heavy atom. The van der Waals surface area contributed by atoms with Crippen LogP contribution in [0, 0.1) is 0 Å². The molecular weight excluding hydrogens is 290 g/mol. The topological polar surface area (TPSA) is 51.8 Å². The summed E-state index contributed by atoms with van der Waals surface area (Å²) in [5, 5.41) is 0. The fraction of sp³-hybridized carbons (Fsp3) is 0.286. The first-order valence-corrected chi connectivity index (χ1v) is 6.81. The van der Waals surface area contributed by atoms with Crippen LogP contribution in [0.15, 0.2) is 41.0 Å². The van der Waals surface area contributed by atoms with Crippen molar-refractivity contribution in [1.82, 2.24) is 9.97 Å². The fourth-order valence-corrected chi connectivity index (χ4v) is 2.09. The van der Waals surface area contributed by atoms with E-state index in [2.05, 4.69) is 32.8 Å². The van der Waals surface area contributed by atoms with Gasteiger partial charge in [-0.2, -0.15) is 0 Å². The molecule has 18 heavy (non-hydrogen) atoms. The Bertz CT molecular complexity index is 528. The molecule has 0 fully saturated rings. The summed E-state index contributed by atoms with van der Waals surface area (Å²) in [6.45, 7) is 2.08. The second-order valence-corrected chi connectivity index (χ2v) is 5.17. The van der Waals surface area contributed by atoms with Crippen LogP contribution in [0.1, 0.15) is 19.0 Å². The average molecular weight is 306 g/mol. The van der Waals surface area contributed by atoms with Gasteiger partial charge in [0.25, 0.3) is 0 Å². The SMILES string of the molecule is CCC(N)Cc1ccnc(-c2cccc(Br)c2)n1. The predicted octanol–water partition coefficient (Wildman–Crippen LogP) is 3.19. The van der Waals surface area contributed by atoms with Gasteiger partial charge in [-0.25, -0.2) is 9.97 Å². The zero-order valence-electron chi connectivity index (χ0n) is 10.3. The molecule has 0 amide bonds. The fourth-order valence-electron chi connectivity index (χ4n) is 1.69. The van der Waals surface area contributed by atoms with Crippen molar-refractivity contribution in [2.24, 2.45) is 5.73 Å². The average Bonchev–Trinajstić information content (AvgIpc) is 2.39. The van der Waals surface area contributed by atoms with Crippen LogP contribution in [0.3, 0.4) is 0 Å². The molecule has 4 heteroatoms. The minimum Gasteiger partial charge on any atom is -0.327 e. The van der Waals surface area contributed by atoms with Crippen LogP contribution in [0.5, 0.6) is 0 Å². The summed E-state index contributed by atoms with van der Waals surface area (Å²) >= 11 is 3.45. The van der Waals surface area contributed by atoms with Crippen molar-refractivity contribution in [3.8, 4) is 11.4 Å². The number of halogens is 1. The number of hydrogen-bond acceptors (Lipinski definition) is 3. The number of rotatable bonds is 4. The number of nitrogens with zero attached hydrogens (tertiary/aromatic N) is 2. The van der Waals surface area contributed by atoms with Gasteiger partial charge in [-0.1, -0.05) is 35.0 Å². The molecule has 0 radical (unpaired) electrons. The molecule has 2 N–H and O–H groups in total. The minimum atomic E-state index is 0.162. The van der Waals surface area contributed by atoms with E-state index in [0.717, 1.165) is 34.4 Å². The minimum absolute atomic E-state index is 0.162. The lowest BCUT2D eigenvalue weighted by atomic mass is 10.1. The second-order valence-electron chi connectivity index (χ2n) is 4.25. The lowest BCUT2D eigenvalue weighted by molar-refractivity contribution is 0.636. The quantitative estimate of drug-likeness (QED) is 0.944. The summed E-state index contributed by atoms with van der Waals surface area (Å²) in [7, 11) is 0. The third-order valence-corrected chi connectivity index (χ3v) is 3.29. The van der Waals surface area contributed by atoms with E-state index in [1.165, 1.54) is 0 Å². The van der Waals surface area contributed by atoms with Crippen LogP contribution < -0.4 is 5.73 Å². The Hall–Kier alpha value is -1.26. The highest BCUT2D eigenvalue weighted by Crippen LogP contribution is 2.19. The van der Waals surface area contributed by atoms with Crippen LogP contribution >= 0.6 is 15.9 Å². The number of aromatic nitrogens is 2. The first-order valence-electron chi connectivity index (χ1n) is 6.02. The first kappa shape index (κ1) is 13.2. The molecule has 0 aliphatic rings. The number of benzene rings is 1. The second kappa shape index (κ2) is 6.07. The Morgan fingerprint density at radius 3 is 2.89 bits per heavy atom. The number of hydrogen-bond donors (Lipinski definition) is 1. The molecule has 0 bridgehead atoms. The molecule has 1 aromatic carbocycles. The molecule has 0 aliphatic heterocycles. The predicted molar refractivity (Wildman–Crippen MR) is 77.1 cm³/mol. The van der Waals surface area contributed by atoms with Gasteiger partial charge in [0.05, 0.1) is 0 Å². The lowest BCUT2D eigenvalue weighted by Crippen LogP contribution is -2.22. The zero-order chi connectivity index (χ0) is 13.0. The maximum absolute atomic E-state index is 5.95. The van der Waals surface area contributed by atoms with E-state index in [1.54, 1.807) is 6.20 Å². The van der Waals surface area contributed by atoms with Crippen LogP contribution in [0.25, 0.3) is 11.4 Å². The molecule has 0 spiro atoms. The van der Waals surface area contributed by atoms with Gasteiger partial charge in [0.15, 0.2) is 5.82 Å². The van der Waals surface area contributed by atoms with E-state index in [1.807, 2.05) is 30.3 Å². The maximum atomic E-state index is 5.95. The molecule has 1 heterocycles. The summed E-state index contributed by atoms with van der Waals surface area (Å²) in [5.41, 5.74) is 7.96. The van der Waals surface area contributed by atoms with Gasteiger partial charge in [-0.05, 0) is 24.6 Å². The van der Waals surface area contributed by atoms with E-state index in [-0.39, 0.29) is 6.04 Å². The van der Waals surface area contributed by atoms with E-state index in [0.29, 0.717) is 0 Å². The standard InChI is InChI=1S/C14H16BrN3/c1-2-12(16)9-13-6-7-17-14(18-13)10-4-3-5-11(15)8-10/h3-8,12H,2,9,16H2,1H3. The molecule has 3 nitrogen and oxygen atoms in total. The first-order chi connectivity index (χ1) is 8.69. The number of nitrogens with two attached hydrogens (primary N) is 1. The van der Waals surface area contributed by atoms with Crippen molar-refractivity contribution in [1.29, 1.82) is 0 Å². The van der Waals surface area contributed by atoms with E-state index >= 15 is 0 Å². The summed E-state index contributed by atoms with van der Waals surface area (Å²) in [4.78, 5) is 8.87. The van der Waals surface area contributed by atoms with Gasteiger partial charge in [0.2, 0.25) is 0 Å².